The third kappa shape index (κ3) is 6.72. The summed E-state index contributed by atoms with van der Waals surface area (Å²) in [4.78, 5) is 21.6. The van der Waals surface area contributed by atoms with Gasteiger partial charge in [0, 0.05) is 6.07 Å². The lowest BCUT2D eigenvalue weighted by atomic mass is 10.5. The topological polar surface area (TPSA) is 84.1 Å². The van der Waals surface area contributed by atoms with E-state index in [1.807, 2.05) is 13.8 Å². The van der Waals surface area contributed by atoms with E-state index in [-0.39, 0.29) is 24.9 Å². The van der Waals surface area contributed by atoms with Gasteiger partial charge in [0.15, 0.2) is 5.78 Å². The summed E-state index contributed by atoms with van der Waals surface area (Å²) in [6.45, 7) is 5.21. The summed E-state index contributed by atoms with van der Waals surface area (Å²) in [5.74, 6) is 0.0660. The molecule has 2 N–H and O–H groups in total. The quantitative estimate of drug-likeness (QED) is 0.785. The number of Topliss-reactive ketones (excluding diaryl/α,β-unsaturated/α-hetero) is 1. The van der Waals surface area contributed by atoms with Crippen molar-refractivity contribution in [3.8, 4) is 0 Å². The van der Waals surface area contributed by atoms with E-state index in [9.17, 15) is 9.59 Å². The van der Waals surface area contributed by atoms with Gasteiger partial charge in [0.1, 0.15) is 19.0 Å². The monoisotopic (exact) mass is 227 g/mol. The molecule has 0 bridgehead atoms. The number of anilines is 1. The molecular formula is C10H17N3O3. The number of aromatic amines is 1. The number of ether oxygens (including phenoxy) is 1. The van der Waals surface area contributed by atoms with Crippen LogP contribution in [0.3, 0.4) is 0 Å². The van der Waals surface area contributed by atoms with Crippen molar-refractivity contribution in [1.82, 2.24) is 10.2 Å². The molecule has 16 heavy (non-hydrogen) atoms. The first-order valence-corrected chi connectivity index (χ1v) is 5.05. The second-order valence-corrected chi connectivity index (χ2v) is 2.71. The van der Waals surface area contributed by atoms with Crippen molar-refractivity contribution in [3.05, 3.63) is 12.3 Å². The summed E-state index contributed by atoms with van der Waals surface area (Å²) in [5, 5.41) is 8.71. The van der Waals surface area contributed by atoms with Gasteiger partial charge in [-0.25, -0.2) is 0 Å². The highest BCUT2D eigenvalue weighted by atomic mass is 16.5. The second kappa shape index (κ2) is 8.60. The molecule has 1 aromatic heterocycles. The highest BCUT2D eigenvalue weighted by molar-refractivity contribution is 5.90. The number of ketones is 1. The average Bonchev–Trinajstić information content (AvgIpc) is 2.73. The zero-order valence-electron chi connectivity index (χ0n) is 9.74. The lowest BCUT2D eigenvalue weighted by molar-refractivity contribution is -0.125. The molecule has 90 valence electrons. The van der Waals surface area contributed by atoms with E-state index < -0.39 is 0 Å². The summed E-state index contributed by atoms with van der Waals surface area (Å²) in [6, 6.07) is 1.61. The van der Waals surface area contributed by atoms with Gasteiger partial charge in [0.25, 0.3) is 5.91 Å². The van der Waals surface area contributed by atoms with Crippen molar-refractivity contribution in [2.45, 2.75) is 20.8 Å². The molecule has 0 spiro atoms. The van der Waals surface area contributed by atoms with Crippen molar-refractivity contribution in [2.75, 3.05) is 18.5 Å². The summed E-state index contributed by atoms with van der Waals surface area (Å²) in [6.07, 6.45) is 1.52. The van der Waals surface area contributed by atoms with E-state index in [0.29, 0.717) is 5.82 Å². The van der Waals surface area contributed by atoms with Crippen LogP contribution < -0.4 is 5.32 Å². The van der Waals surface area contributed by atoms with Gasteiger partial charge in [-0.2, -0.15) is 5.10 Å². The van der Waals surface area contributed by atoms with Crippen LogP contribution in [0.1, 0.15) is 20.8 Å². The summed E-state index contributed by atoms with van der Waals surface area (Å²) < 4.78 is 4.81. The number of H-pyrrole nitrogens is 1. The normalized spacial score (nSPS) is 8.94. The Kier molecular flexibility index (Phi) is 7.70. The maximum Gasteiger partial charge on any atom is 0.251 e. The van der Waals surface area contributed by atoms with Crippen molar-refractivity contribution in [2.24, 2.45) is 0 Å². The predicted octanol–water partition coefficient (Wildman–Crippen LogP) is 0.980. The van der Waals surface area contributed by atoms with E-state index in [1.54, 1.807) is 6.07 Å². The van der Waals surface area contributed by atoms with Gasteiger partial charge in [-0.1, -0.05) is 13.8 Å². The highest BCUT2D eigenvalue weighted by Gasteiger charge is 2.03. The van der Waals surface area contributed by atoms with Crippen molar-refractivity contribution < 1.29 is 14.3 Å². The third-order valence-electron chi connectivity index (χ3n) is 1.31. The summed E-state index contributed by atoms with van der Waals surface area (Å²) >= 11 is 0. The largest absolute Gasteiger partial charge is 0.364 e. The zero-order valence-corrected chi connectivity index (χ0v) is 9.74. The minimum Gasteiger partial charge on any atom is -0.364 e. The maximum atomic E-state index is 11.1. The molecule has 1 aromatic rings. The molecular weight excluding hydrogens is 210 g/mol. The van der Waals surface area contributed by atoms with Crippen LogP contribution >= 0.6 is 0 Å². The molecule has 6 heteroatoms. The Morgan fingerprint density at radius 2 is 2.12 bits per heavy atom. The molecule has 0 aliphatic rings. The van der Waals surface area contributed by atoms with Gasteiger partial charge < -0.3 is 10.1 Å². The number of nitrogens with zero attached hydrogens (tertiary/aromatic N) is 1. The Hall–Kier alpha value is -1.69. The number of aromatic nitrogens is 2. The number of amides is 1. The molecule has 0 aliphatic heterocycles. The van der Waals surface area contributed by atoms with Crippen LogP contribution in [0.25, 0.3) is 0 Å². The van der Waals surface area contributed by atoms with Gasteiger partial charge >= 0.3 is 0 Å². The fraction of sp³-hybridized carbons (Fsp3) is 0.500. The van der Waals surface area contributed by atoms with E-state index in [2.05, 4.69) is 15.5 Å². The molecule has 0 aromatic carbocycles. The molecule has 1 heterocycles. The number of carbonyl (C=O) groups is 2. The van der Waals surface area contributed by atoms with Crippen molar-refractivity contribution in [1.29, 1.82) is 0 Å². The second-order valence-electron chi connectivity index (χ2n) is 2.71. The Bertz CT molecular complexity index is 309. The van der Waals surface area contributed by atoms with Crippen LogP contribution in [0.15, 0.2) is 12.3 Å². The van der Waals surface area contributed by atoms with Crippen molar-refractivity contribution in [3.63, 3.8) is 0 Å². The standard InChI is InChI=1S/C8H11N3O3.C2H6/c1-6(12)4-14-5-8(13)10-7-2-3-9-11-7;1-2/h2-3H,4-5H2,1H3,(H2,9,10,11,13);1-2H3. The lowest BCUT2D eigenvalue weighted by Crippen LogP contribution is -2.20. The molecule has 1 rings (SSSR count). The maximum absolute atomic E-state index is 11.1. The van der Waals surface area contributed by atoms with Crippen molar-refractivity contribution >= 4 is 17.5 Å². The first-order valence-electron chi connectivity index (χ1n) is 5.05. The van der Waals surface area contributed by atoms with E-state index >= 15 is 0 Å². The van der Waals surface area contributed by atoms with Crippen LogP contribution in [0, 0.1) is 0 Å². The fourth-order valence-corrected chi connectivity index (χ4v) is 0.799. The minimum atomic E-state index is -0.324. The van der Waals surface area contributed by atoms with Gasteiger partial charge in [0.05, 0.1) is 6.20 Å². The van der Waals surface area contributed by atoms with Gasteiger partial charge in [-0.05, 0) is 6.92 Å². The number of carbonyl (C=O) groups excluding carboxylic acids is 2. The lowest BCUT2D eigenvalue weighted by Gasteiger charge is -2.02. The Labute approximate surface area is 94.4 Å². The van der Waals surface area contributed by atoms with Gasteiger partial charge in [0.2, 0.25) is 0 Å². The van der Waals surface area contributed by atoms with E-state index in [1.165, 1.54) is 13.1 Å². The number of rotatable bonds is 5. The van der Waals surface area contributed by atoms with Gasteiger partial charge in [-0.15, -0.1) is 0 Å². The molecule has 0 unspecified atom stereocenters. The van der Waals surface area contributed by atoms with Crippen LogP contribution in [0.2, 0.25) is 0 Å². The highest BCUT2D eigenvalue weighted by Crippen LogP contribution is 1.97. The molecule has 0 aliphatic carbocycles. The Balaban J connectivity index is 0.00000106. The van der Waals surface area contributed by atoms with Crippen LogP contribution in [-0.2, 0) is 14.3 Å². The predicted molar refractivity (Wildman–Crippen MR) is 60.1 cm³/mol. The molecule has 0 fully saturated rings. The average molecular weight is 227 g/mol. The third-order valence-corrected chi connectivity index (χ3v) is 1.31. The van der Waals surface area contributed by atoms with Crippen LogP contribution in [0.5, 0.6) is 0 Å². The molecule has 6 nitrogen and oxygen atoms in total. The zero-order chi connectivity index (χ0) is 12.4. The molecule has 0 radical (unpaired) electrons. The molecule has 1 amide bonds. The summed E-state index contributed by atoms with van der Waals surface area (Å²) in [5.41, 5.74) is 0. The Morgan fingerprint density at radius 3 is 2.62 bits per heavy atom. The number of hydrogen-bond acceptors (Lipinski definition) is 4. The smallest absolute Gasteiger partial charge is 0.251 e. The first-order chi connectivity index (χ1) is 7.68. The first kappa shape index (κ1) is 14.3. The van der Waals surface area contributed by atoms with Gasteiger partial charge in [-0.3, -0.25) is 14.7 Å². The molecule has 0 saturated heterocycles. The molecule has 0 saturated carbocycles. The molecule has 0 atom stereocenters. The SMILES string of the molecule is CC.CC(=O)COCC(=O)Nc1ccn[nH]1. The summed E-state index contributed by atoms with van der Waals surface area (Å²) in [7, 11) is 0. The minimum absolute atomic E-state index is 0.0452. The van der Waals surface area contributed by atoms with Crippen LogP contribution in [-0.4, -0.2) is 35.1 Å². The fourth-order valence-electron chi connectivity index (χ4n) is 0.799. The number of nitrogens with one attached hydrogen (secondary N) is 2. The Morgan fingerprint density at radius 1 is 1.44 bits per heavy atom. The van der Waals surface area contributed by atoms with E-state index in [0.717, 1.165) is 0 Å². The van der Waals surface area contributed by atoms with E-state index in [4.69, 9.17) is 4.74 Å². The van der Waals surface area contributed by atoms with Crippen LogP contribution in [0.4, 0.5) is 5.82 Å². The number of hydrogen-bond donors (Lipinski definition) is 2.